The van der Waals surface area contributed by atoms with Crippen molar-refractivity contribution in [3.05, 3.63) is 75.3 Å². The molecule has 9 nitrogen and oxygen atoms in total. The maximum absolute atomic E-state index is 12.9. The Labute approximate surface area is 191 Å². The van der Waals surface area contributed by atoms with Crippen LogP contribution >= 0.6 is 23.1 Å². The number of benzene rings is 2. The predicted octanol–water partition coefficient (Wildman–Crippen LogP) is 4.37. The number of aromatic nitrogens is 1. The highest BCUT2D eigenvalue weighted by molar-refractivity contribution is 8.03. The summed E-state index contributed by atoms with van der Waals surface area (Å²) in [5, 5.41) is 18.3. The van der Waals surface area contributed by atoms with Crippen molar-refractivity contribution in [1.29, 1.82) is 0 Å². The van der Waals surface area contributed by atoms with E-state index in [0.29, 0.717) is 11.3 Å². The second-order valence-corrected chi connectivity index (χ2v) is 8.94. The molecule has 2 aromatic carbocycles. The Balaban J connectivity index is 1.69. The van der Waals surface area contributed by atoms with Crippen LogP contribution in [0.5, 0.6) is 0 Å². The molecule has 3 aromatic rings. The van der Waals surface area contributed by atoms with Gasteiger partial charge in [-0.05, 0) is 30.0 Å². The Kier molecular flexibility index (Phi) is 6.37. The molecule has 1 aliphatic rings. The van der Waals surface area contributed by atoms with Crippen LogP contribution in [0.25, 0.3) is 10.2 Å². The number of esters is 1. The lowest BCUT2D eigenvalue weighted by Gasteiger charge is -2.33. The molecule has 2 N–H and O–H groups in total. The highest BCUT2D eigenvalue weighted by Gasteiger charge is 2.40. The lowest BCUT2D eigenvalue weighted by molar-refractivity contribution is -0.384. The minimum absolute atomic E-state index is 0.132. The number of fused-ring (bicyclic) bond motifs is 1. The van der Waals surface area contributed by atoms with Gasteiger partial charge in [0.2, 0.25) is 0 Å². The Morgan fingerprint density at radius 3 is 2.88 bits per heavy atom. The largest absolute Gasteiger partial charge is 0.465 e. The van der Waals surface area contributed by atoms with E-state index in [4.69, 9.17) is 4.74 Å². The first-order chi connectivity index (χ1) is 15.5. The first kappa shape index (κ1) is 21.8. The van der Waals surface area contributed by atoms with Gasteiger partial charge in [0, 0.05) is 17.8 Å². The molecule has 0 spiro atoms. The number of nitrogens with zero attached hydrogens (tertiary/aromatic N) is 2. The van der Waals surface area contributed by atoms with E-state index in [0.717, 1.165) is 14.6 Å². The lowest BCUT2D eigenvalue weighted by Crippen LogP contribution is -2.51. The summed E-state index contributed by atoms with van der Waals surface area (Å²) >= 11 is 2.78. The van der Waals surface area contributed by atoms with Crippen LogP contribution in [0.3, 0.4) is 0 Å². The fourth-order valence-corrected chi connectivity index (χ4v) is 5.26. The van der Waals surface area contributed by atoms with Crippen molar-refractivity contribution >= 4 is 51.0 Å². The average molecular weight is 471 g/mol. The normalized spacial score (nSPS) is 19.4. The molecule has 2 heterocycles. The molecule has 0 bridgehead atoms. The molecule has 2 amide bonds. The first-order valence-corrected chi connectivity index (χ1v) is 11.4. The van der Waals surface area contributed by atoms with Crippen LogP contribution in [0, 0.1) is 16.0 Å². The van der Waals surface area contributed by atoms with Crippen molar-refractivity contribution in [3.63, 3.8) is 0 Å². The number of carbonyl (C=O) groups is 2. The van der Waals surface area contributed by atoms with Crippen LogP contribution in [0.4, 0.5) is 10.5 Å². The Hall–Kier alpha value is -3.44. The van der Waals surface area contributed by atoms with E-state index in [2.05, 4.69) is 15.6 Å². The van der Waals surface area contributed by atoms with E-state index in [-0.39, 0.29) is 12.3 Å². The van der Waals surface area contributed by atoms with E-state index >= 15 is 0 Å². The summed E-state index contributed by atoms with van der Waals surface area (Å²) in [4.78, 5) is 40.5. The first-order valence-electron chi connectivity index (χ1n) is 9.67. The minimum atomic E-state index is -0.906. The number of urea groups is 1. The Bertz CT molecular complexity index is 1190. The van der Waals surface area contributed by atoms with Crippen molar-refractivity contribution in [1.82, 2.24) is 15.6 Å². The van der Waals surface area contributed by atoms with Crippen molar-refractivity contribution < 1.29 is 19.2 Å². The molecule has 1 fully saturated rings. The van der Waals surface area contributed by atoms with Crippen LogP contribution in [0.15, 0.2) is 64.0 Å². The number of non-ortho nitro benzene ring substituents is 1. The molecule has 0 radical (unpaired) electrons. The zero-order chi connectivity index (χ0) is 22.7. The molecule has 0 unspecified atom stereocenters. The van der Waals surface area contributed by atoms with Crippen LogP contribution < -0.4 is 10.6 Å². The lowest BCUT2D eigenvalue weighted by atomic mass is 9.89. The number of rotatable bonds is 6. The zero-order valence-electron chi connectivity index (χ0n) is 16.8. The Morgan fingerprint density at radius 1 is 1.31 bits per heavy atom. The summed E-state index contributed by atoms with van der Waals surface area (Å²) in [7, 11) is 0. The fourth-order valence-electron chi connectivity index (χ4n) is 3.37. The van der Waals surface area contributed by atoms with Crippen LogP contribution in [0.1, 0.15) is 18.5 Å². The van der Waals surface area contributed by atoms with Gasteiger partial charge in [0.05, 0.1) is 27.8 Å². The van der Waals surface area contributed by atoms with Gasteiger partial charge >= 0.3 is 12.0 Å². The van der Waals surface area contributed by atoms with Crippen molar-refractivity contribution in [2.45, 2.75) is 17.3 Å². The molecule has 1 saturated heterocycles. The number of hydrogen-bond donors (Lipinski definition) is 2. The fraction of sp³-hybridized carbons (Fsp3) is 0.190. The van der Waals surface area contributed by atoms with Gasteiger partial charge in [0.1, 0.15) is 5.92 Å². The van der Waals surface area contributed by atoms with E-state index in [1.807, 2.05) is 24.3 Å². The summed E-state index contributed by atoms with van der Waals surface area (Å²) in [6.45, 7) is 1.84. The standard InChI is InChI=1S/C21H18N4O5S2/c1-2-30-19(26)17-15(11-31-21-23-14-8-3-4-9-16(14)32-21)22-20(27)24-18(17)12-6-5-7-13(10-12)25(28)29/h3-11,17-18H,2H2,1H3,(H2,22,24,27)/b15-11+/t17-,18+/m0/s1. The van der Waals surface area contributed by atoms with Crippen molar-refractivity contribution in [2.75, 3.05) is 6.61 Å². The number of para-hydroxylation sites is 1. The van der Waals surface area contributed by atoms with Gasteiger partial charge in [-0.3, -0.25) is 14.9 Å². The molecule has 1 aromatic heterocycles. The average Bonchev–Trinajstić information content (AvgIpc) is 3.20. The molecule has 32 heavy (non-hydrogen) atoms. The number of nitro groups is 1. The minimum Gasteiger partial charge on any atom is -0.465 e. The van der Waals surface area contributed by atoms with Gasteiger partial charge in [0.25, 0.3) is 5.69 Å². The summed E-state index contributed by atoms with van der Waals surface area (Å²) < 4.78 is 7.03. The maximum Gasteiger partial charge on any atom is 0.319 e. The van der Waals surface area contributed by atoms with Crippen molar-refractivity contribution in [3.8, 4) is 0 Å². The number of nitro benzene ring substituents is 1. The second-order valence-electron chi connectivity index (χ2n) is 6.80. The van der Waals surface area contributed by atoms with E-state index in [9.17, 15) is 19.7 Å². The number of ether oxygens (including phenoxy) is 1. The third-order valence-electron chi connectivity index (χ3n) is 4.75. The number of hydrogen-bond acceptors (Lipinski definition) is 8. The van der Waals surface area contributed by atoms with Crippen LogP contribution in [-0.2, 0) is 9.53 Å². The molecule has 0 saturated carbocycles. The molecule has 4 rings (SSSR count). The summed E-state index contributed by atoms with van der Waals surface area (Å²) in [5.41, 5.74) is 1.51. The van der Waals surface area contributed by atoms with E-state index < -0.39 is 28.9 Å². The maximum atomic E-state index is 12.9. The highest BCUT2D eigenvalue weighted by Crippen LogP contribution is 2.36. The van der Waals surface area contributed by atoms with E-state index in [1.165, 1.54) is 41.3 Å². The molecular formula is C21H18N4O5S2. The third kappa shape index (κ3) is 4.58. The molecular weight excluding hydrogens is 452 g/mol. The molecule has 2 atom stereocenters. The monoisotopic (exact) mass is 470 g/mol. The molecule has 164 valence electrons. The van der Waals surface area contributed by atoms with Gasteiger partial charge in [-0.2, -0.15) is 0 Å². The number of nitrogens with one attached hydrogen (secondary N) is 2. The van der Waals surface area contributed by atoms with Gasteiger partial charge in [-0.25, -0.2) is 9.78 Å². The summed E-state index contributed by atoms with van der Waals surface area (Å²) in [6.07, 6.45) is 0. The van der Waals surface area contributed by atoms with Crippen LogP contribution in [-0.4, -0.2) is 28.5 Å². The highest BCUT2D eigenvalue weighted by atomic mass is 32.2. The molecule has 1 aliphatic heterocycles. The molecule has 11 heteroatoms. The zero-order valence-corrected chi connectivity index (χ0v) is 18.4. The summed E-state index contributed by atoms with van der Waals surface area (Å²) in [5.74, 6) is -1.45. The number of thiazole rings is 1. The number of amides is 2. The van der Waals surface area contributed by atoms with E-state index in [1.54, 1.807) is 18.4 Å². The second kappa shape index (κ2) is 9.37. The quantitative estimate of drug-likeness (QED) is 0.237. The number of carbonyl (C=O) groups excluding carboxylic acids is 2. The van der Waals surface area contributed by atoms with Crippen LogP contribution in [0.2, 0.25) is 0 Å². The predicted molar refractivity (Wildman–Crippen MR) is 121 cm³/mol. The Morgan fingerprint density at radius 2 is 2.12 bits per heavy atom. The smallest absolute Gasteiger partial charge is 0.319 e. The van der Waals surface area contributed by atoms with Gasteiger partial charge in [-0.15, -0.1) is 11.3 Å². The van der Waals surface area contributed by atoms with Crippen molar-refractivity contribution in [2.24, 2.45) is 5.92 Å². The number of thioether (sulfide) groups is 1. The molecule has 0 aliphatic carbocycles. The van der Waals surface area contributed by atoms with Gasteiger partial charge < -0.3 is 15.4 Å². The summed E-state index contributed by atoms with van der Waals surface area (Å²) in [6, 6.07) is 12.2. The van der Waals surface area contributed by atoms with Gasteiger partial charge in [-0.1, -0.05) is 36.0 Å². The SMILES string of the molecule is CCOC(=O)[C@H]1/C(=C\Sc2nc3ccccc3s2)NC(=O)N[C@@H]1c1cccc([N+](=O)[O-])c1. The van der Waals surface area contributed by atoms with Gasteiger partial charge in [0.15, 0.2) is 4.34 Å². The topological polar surface area (TPSA) is 123 Å². The third-order valence-corrected chi connectivity index (χ3v) is 6.79.